The summed E-state index contributed by atoms with van der Waals surface area (Å²) in [6.45, 7) is 3.95. The molecule has 2 aliphatic rings. The monoisotopic (exact) mass is 271 g/mol. The first-order valence-electron chi connectivity index (χ1n) is 7.28. The number of hydrogen-bond donors (Lipinski definition) is 2. The molecule has 0 aromatic rings. The average molecular weight is 271 g/mol. The SMILES string of the molecule is CCOC1CC(CC(=O)NC2(CO)CCOCC2)C1. The summed E-state index contributed by atoms with van der Waals surface area (Å²) in [5.41, 5.74) is -0.460. The number of ether oxygens (including phenoxy) is 2. The van der Waals surface area contributed by atoms with Gasteiger partial charge in [0.2, 0.25) is 5.91 Å². The Bertz CT molecular complexity index is 296. The molecule has 0 atom stereocenters. The van der Waals surface area contributed by atoms with E-state index in [0.29, 0.717) is 44.5 Å². The van der Waals surface area contributed by atoms with Crippen LogP contribution >= 0.6 is 0 Å². The normalized spacial score (nSPS) is 29.6. The molecule has 2 N–H and O–H groups in total. The van der Waals surface area contributed by atoms with Crippen molar-refractivity contribution in [1.29, 1.82) is 0 Å². The Morgan fingerprint density at radius 2 is 2.11 bits per heavy atom. The van der Waals surface area contributed by atoms with E-state index in [-0.39, 0.29) is 12.5 Å². The van der Waals surface area contributed by atoms with Gasteiger partial charge in [-0.3, -0.25) is 4.79 Å². The molecule has 5 nitrogen and oxygen atoms in total. The molecule has 0 unspecified atom stereocenters. The van der Waals surface area contributed by atoms with Crippen LogP contribution in [0.5, 0.6) is 0 Å². The first kappa shape index (κ1) is 14.8. The smallest absolute Gasteiger partial charge is 0.220 e. The minimum absolute atomic E-state index is 0.00562. The average Bonchev–Trinajstić information content (AvgIpc) is 2.37. The Morgan fingerprint density at radius 1 is 1.42 bits per heavy atom. The number of rotatable bonds is 6. The summed E-state index contributed by atoms with van der Waals surface area (Å²) in [6, 6.07) is 0. The van der Waals surface area contributed by atoms with E-state index < -0.39 is 5.54 Å². The minimum atomic E-state index is -0.460. The number of aliphatic hydroxyl groups is 1. The molecule has 2 fully saturated rings. The standard InChI is InChI=1S/C14H25NO4/c1-2-19-12-7-11(8-12)9-13(17)15-14(10-16)3-5-18-6-4-14/h11-12,16H,2-10H2,1H3,(H,15,17). The van der Waals surface area contributed by atoms with Crippen molar-refractivity contribution in [3.8, 4) is 0 Å². The number of carbonyl (C=O) groups excluding carboxylic acids is 1. The van der Waals surface area contributed by atoms with E-state index in [4.69, 9.17) is 9.47 Å². The second-order valence-corrected chi connectivity index (χ2v) is 5.72. The molecule has 0 aromatic heterocycles. The number of nitrogens with one attached hydrogen (secondary N) is 1. The molecule has 1 saturated carbocycles. The zero-order valence-corrected chi connectivity index (χ0v) is 11.7. The lowest BCUT2D eigenvalue weighted by Crippen LogP contribution is -2.55. The molecule has 2 rings (SSSR count). The Labute approximate surface area is 114 Å². The second kappa shape index (κ2) is 6.68. The molecule has 1 aliphatic carbocycles. The van der Waals surface area contributed by atoms with Gasteiger partial charge >= 0.3 is 0 Å². The summed E-state index contributed by atoms with van der Waals surface area (Å²) >= 11 is 0. The molecule has 19 heavy (non-hydrogen) atoms. The van der Waals surface area contributed by atoms with Crippen molar-refractivity contribution in [2.45, 2.75) is 50.7 Å². The third-order valence-corrected chi connectivity index (χ3v) is 4.23. The topological polar surface area (TPSA) is 67.8 Å². The molecule has 5 heteroatoms. The summed E-state index contributed by atoms with van der Waals surface area (Å²) in [6.07, 6.45) is 4.25. The van der Waals surface area contributed by atoms with Gasteiger partial charge in [-0.15, -0.1) is 0 Å². The summed E-state index contributed by atoms with van der Waals surface area (Å²) in [5.74, 6) is 0.489. The van der Waals surface area contributed by atoms with Crippen LogP contribution in [0.15, 0.2) is 0 Å². The van der Waals surface area contributed by atoms with E-state index in [9.17, 15) is 9.90 Å². The van der Waals surface area contributed by atoms with Crippen LogP contribution in [0.25, 0.3) is 0 Å². The van der Waals surface area contributed by atoms with Crippen molar-refractivity contribution < 1.29 is 19.4 Å². The second-order valence-electron chi connectivity index (χ2n) is 5.72. The van der Waals surface area contributed by atoms with Crippen LogP contribution in [0.4, 0.5) is 0 Å². The van der Waals surface area contributed by atoms with Gasteiger partial charge in [0.05, 0.1) is 18.2 Å². The maximum atomic E-state index is 12.0. The van der Waals surface area contributed by atoms with Crippen LogP contribution in [0.1, 0.15) is 39.0 Å². The molecule has 0 aromatic carbocycles. The molecule has 1 amide bonds. The van der Waals surface area contributed by atoms with Gasteiger partial charge in [-0.25, -0.2) is 0 Å². The van der Waals surface area contributed by atoms with Crippen LogP contribution in [0.3, 0.4) is 0 Å². The first-order valence-corrected chi connectivity index (χ1v) is 7.28. The van der Waals surface area contributed by atoms with Crippen LogP contribution in [-0.2, 0) is 14.3 Å². The lowest BCUT2D eigenvalue weighted by Gasteiger charge is -2.38. The van der Waals surface area contributed by atoms with E-state index >= 15 is 0 Å². The van der Waals surface area contributed by atoms with Crippen molar-refractivity contribution in [1.82, 2.24) is 5.32 Å². The number of carbonyl (C=O) groups is 1. The summed E-state index contributed by atoms with van der Waals surface area (Å²) in [4.78, 5) is 12.0. The number of hydrogen-bond acceptors (Lipinski definition) is 4. The lowest BCUT2D eigenvalue weighted by atomic mass is 9.79. The molecule has 110 valence electrons. The van der Waals surface area contributed by atoms with Gasteiger partial charge in [0.1, 0.15) is 0 Å². The Morgan fingerprint density at radius 3 is 2.68 bits per heavy atom. The van der Waals surface area contributed by atoms with Gasteiger partial charge in [-0.05, 0) is 38.5 Å². The quantitative estimate of drug-likeness (QED) is 0.751. The number of amides is 1. The summed E-state index contributed by atoms with van der Waals surface area (Å²) in [7, 11) is 0. The molecule has 1 saturated heterocycles. The van der Waals surface area contributed by atoms with Gasteiger partial charge in [-0.2, -0.15) is 0 Å². The Hall–Kier alpha value is -0.650. The Balaban J connectivity index is 1.72. The van der Waals surface area contributed by atoms with Crippen molar-refractivity contribution in [3.63, 3.8) is 0 Å². The summed E-state index contributed by atoms with van der Waals surface area (Å²) in [5, 5.41) is 12.5. The van der Waals surface area contributed by atoms with Crippen molar-refractivity contribution in [2.75, 3.05) is 26.4 Å². The predicted octanol–water partition coefficient (Wildman–Crippen LogP) is 0.849. The zero-order chi connectivity index (χ0) is 13.7. The first-order chi connectivity index (χ1) is 9.17. The zero-order valence-electron chi connectivity index (χ0n) is 11.7. The van der Waals surface area contributed by atoms with Gasteiger partial charge in [-0.1, -0.05) is 0 Å². The molecule has 0 spiro atoms. The van der Waals surface area contributed by atoms with Crippen LogP contribution < -0.4 is 5.32 Å². The maximum Gasteiger partial charge on any atom is 0.220 e. The molecular formula is C14H25NO4. The highest BCUT2D eigenvalue weighted by Crippen LogP contribution is 2.33. The highest BCUT2D eigenvalue weighted by atomic mass is 16.5. The third-order valence-electron chi connectivity index (χ3n) is 4.23. The number of aliphatic hydroxyl groups excluding tert-OH is 1. The fourth-order valence-corrected chi connectivity index (χ4v) is 2.91. The fourth-order valence-electron chi connectivity index (χ4n) is 2.91. The largest absolute Gasteiger partial charge is 0.394 e. The molecule has 1 aliphatic heterocycles. The van der Waals surface area contributed by atoms with E-state index in [0.717, 1.165) is 19.4 Å². The van der Waals surface area contributed by atoms with Crippen LogP contribution in [0.2, 0.25) is 0 Å². The highest BCUT2D eigenvalue weighted by molar-refractivity contribution is 5.77. The lowest BCUT2D eigenvalue weighted by molar-refractivity contribution is -0.128. The van der Waals surface area contributed by atoms with Gasteiger partial charge in [0.15, 0.2) is 0 Å². The van der Waals surface area contributed by atoms with E-state index in [1.807, 2.05) is 6.92 Å². The van der Waals surface area contributed by atoms with E-state index in [1.165, 1.54) is 0 Å². The van der Waals surface area contributed by atoms with Crippen molar-refractivity contribution in [2.24, 2.45) is 5.92 Å². The molecular weight excluding hydrogens is 246 g/mol. The van der Waals surface area contributed by atoms with Crippen molar-refractivity contribution in [3.05, 3.63) is 0 Å². The van der Waals surface area contributed by atoms with Gasteiger partial charge in [0, 0.05) is 26.2 Å². The van der Waals surface area contributed by atoms with E-state index in [1.54, 1.807) is 0 Å². The van der Waals surface area contributed by atoms with Gasteiger partial charge < -0.3 is 19.9 Å². The third kappa shape index (κ3) is 3.91. The fraction of sp³-hybridized carbons (Fsp3) is 0.929. The van der Waals surface area contributed by atoms with E-state index in [2.05, 4.69) is 5.32 Å². The Kier molecular flexibility index (Phi) is 5.19. The molecule has 0 radical (unpaired) electrons. The van der Waals surface area contributed by atoms with Crippen molar-refractivity contribution >= 4 is 5.91 Å². The molecule has 0 bridgehead atoms. The summed E-state index contributed by atoms with van der Waals surface area (Å²) < 4.78 is 10.8. The molecule has 1 heterocycles. The minimum Gasteiger partial charge on any atom is -0.394 e. The van der Waals surface area contributed by atoms with Crippen LogP contribution in [0, 0.1) is 5.92 Å². The predicted molar refractivity (Wildman–Crippen MR) is 70.8 cm³/mol. The highest BCUT2D eigenvalue weighted by Gasteiger charge is 2.36. The van der Waals surface area contributed by atoms with Crippen LogP contribution in [-0.4, -0.2) is 49.1 Å². The maximum absolute atomic E-state index is 12.0. The van der Waals surface area contributed by atoms with Gasteiger partial charge in [0.25, 0.3) is 0 Å².